The Morgan fingerprint density at radius 2 is 2.32 bits per heavy atom. The molecule has 0 aliphatic carbocycles. The number of carbonyl (C=O) groups is 1. The largest absolute Gasteiger partial charge is 0.493 e. The van der Waals surface area contributed by atoms with Crippen LogP contribution in [0.15, 0.2) is 29.6 Å². The smallest absolute Gasteiger partial charge is 0.220 e. The number of ether oxygens (including phenoxy) is 1. The molecule has 1 aliphatic heterocycles. The van der Waals surface area contributed by atoms with E-state index in [1.807, 2.05) is 23.6 Å². The third kappa shape index (κ3) is 3.76. The molecule has 22 heavy (non-hydrogen) atoms. The highest BCUT2D eigenvalue weighted by atomic mass is 32.1. The predicted octanol–water partition coefficient (Wildman–Crippen LogP) is 2.03. The van der Waals surface area contributed by atoms with Crippen molar-refractivity contribution in [1.82, 2.24) is 10.3 Å². The van der Waals surface area contributed by atoms with Crippen molar-refractivity contribution in [2.45, 2.75) is 19.3 Å². The molecule has 3 rings (SSSR count). The van der Waals surface area contributed by atoms with Crippen LogP contribution in [0.1, 0.15) is 17.7 Å². The van der Waals surface area contributed by atoms with Crippen molar-refractivity contribution in [3.8, 4) is 5.75 Å². The number of rotatable bonds is 5. The number of fused-ring (bicyclic) bond motifs is 1. The van der Waals surface area contributed by atoms with E-state index in [4.69, 9.17) is 10.5 Å². The lowest BCUT2D eigenvalue weighted by molar-refractivity contribution is -0.121. The molecule has 1 aliphatic rings. The summed E-state index contributed by atoms with van der Waals surface area (Å²) in [6.45, 7) is 1.30. The standard InChI is InChI=1S/C16H19N3O2S/c17-16-19-13(10-22-16)5-6-15(20)18-8-11-7-12-3-1-2-4-14(12)21-9-11/h1-4,10-11H,5-9H2,(H2,17,19)(H,18,20)/t11-/m1/s1. The van der Waals surface area contributed by atoms with Gasteiger partial charge < -0.3 is 15.8 Å². The molecule has 116 valence electrons. The highest BCUT2D eigenvalue weighted by Crippen LogP contribution is 2.26. The molecule has 0 unspecified atom stereocenters. The average molecular weight is 317 g/mol. The van der Waals surface area contributed by atoms with Crippen LogP contribution in [0.5, 0.6) is 5.75 Å². The summed E-state index contributed by atoms with van der Waals surface area (Å²) in [5.41, 5.74) is 7.67. The number of aryl methyl sites for hydroxylation is 1. The zero-order valence-corrected chi connectivity index (χ0v) is 13.1. The van der Waals surface area contributed by atoms with E-state index in [9.17, 15) is 4.79 Å². The van der Waals surface area contributed by atoms with Gasteiger partial charge in [0.25, 0.3) is 0 Å². The third-order valence-corrected chi connectivity index (χ3v) is 4.44. The Hall–Kier alpha value is -2.08. The van der Waals surface area contributed by atoms with Gasteiger partial charge in [0.05, 0.1) is 12.3 Å². The second kappa shape index (κ2) is 6.79. The minimum Gasteiger partial charge on any atom is -0.493 e. The number of hydrogen-bond acceptors (Lipinski definition) is 5. The second-order valence-corrected chi connectivity index (χ2v) is 6.36. The summed E-state index contributed by atoms with van der Waals surface area (Å²) in [5.74, 6) is 1.34. The summed E-state index contributed by atoms with van der Waals surface area (Å²) in [6.07, 6.45) is 2.01. The summed E-state index contributed by atoms with van der Waals surface area (Å²) < 4.78 is 5.73. The Morgan fingerprint density at radius 1 is 1.45 bits per heavy atom. The van der Waals surface area contributed by atoms with Gasteiger partial charge in [-0.25, -0.2) is 4.98 Å². The number of benzene rings is 1. The predicted molar refractivity (Wildman–Crippen MR) is 87.0 cm³/mol. The maximum absolute atomic E-state index is 11.9. The topological polar surface area (TPSA) is 77.2 Å². The quantitative estimate of drug-likeness (QED) is 0.884. The summed E-state index contributed by atoms with van der Waals surface area (Å²) in [6, 6.07) is 8.06. The minimum absolute atomic E-state index is 0.0467. The van der Waals surface area contributed by atoms with Gasteiger partial charge in [-0.05, 0) is 24.5 Å². The van der Waals surface area contributed by atoms with Crippen LogP contribution in [-0.4, -0.2) is 24.0 Å². The van der Waals surface area contributed by atoms with E-state index < -0.39 is 0 Å². The molecular formula is C16H19N3O2S. The van der Waals surface area contributed by atoms with Crippen LogP contribution < -0.4 is 15.8 Å². The second-order valence-electron chi connectivity index (χ2n) is 5.47. The Kier molecular flexibility index (Phi) is 4.58. The van der Waals surface area contributed by atoms with Crippen LogP contribution in [0.4, 0.5) is 5.13 Å². The molecule has 0 spiro atoms. The van der Waals surface area contributed by atoms with Crippen molar-refractivity contribution < 1.29 is 9.53 Å². The van der Waals surface area contributed by atoms with Gasteiger partial charge in [-0.3, -0.25) is 4.79 Å². The normalized spacial score (nSPS) is 16.6. The fourth-order valence-electron chi connectivity index (χ4n) is 2.55. The highest BCUT2D eigenvalue weighted by molar-refractivity contribution is 7.13. The molecule has 1 aromatic heterocycles. The average Bonchev–Trinajstić information content (AvgIpc) is 2.96. The number of nitrogens with two attached hydrogens (primary N) is 1. The first kappa shape index (κ1) is 14.8. The first-order valence-corrected chi connectivity index (χ1v) is 8.26. The van der Waals surface area contributed by atoms with E-state index >= 15 is 0 Å². The molecular weight excluding hydrogens is 298 g/mol. The first-order valence-electron chi connectivity index (χ1n) is 7.38. The number of nitrogens with one attached hydrogen (secondary N) is 1. The molecule has 0 saturated carbocycles. The lowest BCUT2D eigenvalue weighted by Crippen LogP contribution is -2.34. The van der Waals surface area contributed by atoms with Crippen molar-refractivity contribution >= 4 is 22.4 Å². The molecule has 1 aromatic carbocycles. The number of hydrogen-bond donors (Lipinski definition) is 2. The molecule has 3 N–H and O–H groups in total. The highest BCUT2D eigenvalue weighted by Gasteiger charge is 2.19. The third-order valence-electron chi connectivity index (χ3n) is 3.72. The number of aromatic nitrogens is 1. The van der Waals surface area contributed by atoms with E-state index in [1.54, 1.807) is 0 Å². The summed E-state index contributed by atoms with van der Waals surface area (Å²) >= 11 is 1.40. The molecule has 0 radical (unpaired) electrons. The van der Waals surface area contributed by atoms with E-state index in [0.717, 1.165) is 17.9 Å². The van der Waals surface area contributed by atoms with Crippen LogP contribution in [0, 0.1) is 5.92 Å². The van der Waals surface area contributed by atoms with E-state index in [2.05, 4.69) is 16.4 Å². The Balaban J connectivity index is 1.42. The van der Waals surface area contributed by atoms with Crippen LogP contribution in [0.25, 0.3) is 0 Å². The Labute approximate surface area is 133 Å². The molecule has 2 aromatic rings. The van der Waals surface area contributed by atoms with Gasteiger partial charge in [-0.1, -0.05) is 18.2 Å². The fourth-order valence-corrected chi connectivity index (χ4v) is 3.14. The molecule has 0 fully saturated rings. The van der Waals surface area contributed by atoms with Crippen LogP contribution in [-0.2, 0) is 17.6 Å². The molecule has 1 amide bonds. The van der Waals surface area contributed by atoms with E-state index in [0.29, 0.717) is 37.0 Å². The molecule has 6 heteroatoms. The molecule has 0 saturated heterocycles. The summed E-state index contributed by atoms with van der Waals surface area (Å²) in [4.78, 5) is 16.1. The lowest BCUT2D eigenvalue weighted by atomic mass is 9.97. The molecule has 2 heterocycles. The van der Waals surface area contributed by atoms with E-state index in [1.165, 1.54) is 16.9 Å². The number of nitrogens with zero attached hydrogens (tertiary/aromatic N) is 1. The number of para-hydroxylation sites is 1. The zero-order chi connectivity index (χ0) is 15.4. The lowest BCUT2D eigenvalue weighted by Gasteiger charge is -2.25. The SMILES string of the molecule is Nc1nc(CCC(=O)NC[C@@H]2COc3ccccc3C2)cs1. The number of carbonyl (C=O) groups excluding carboxylic acids is 1. The van der Waals surface area contributed by atoms with Crippen molar-refractivity contribution in [3.63, 3.8) is 0 Å². The number of amides is 1. The molecule has 0 bridgehead atoms. The maximum atomic E-state index is 11.9. The molecule has 1 atom stereocenters. The minimum atomic E-state index is 0.0467. The van der Waals surface area contributed by atoms with Gasteiger partial charge in [-0.2, -0.15) is 0 Å². The number of nitrogen functional groups attached to an aromatic ring is 1. The van der Waals surface area contributed by atoms with Crippen molar-refractivity contribution in [2.75, 3.05) is 18.9 Å². The summed E-state index contributed by atoms with van der Waals surface area (Å²) in [5, 5.41) is 5.43. The van der Waals surface area contributed by atoms with E-state index in [-0.39, 0.29) is 5.91 Å². The van der Waals surface area contributed by atoms with Gasteiger partial charge in [0.2, 0.25) is 5.91 Å². The van der Waals surface area contributed by atoms with Gasteiger partial charge in [0.1, 0.15) is 5.75 Å². The van der Waals surface area contributed by atoms with Crippen molar-refractivity contribution in [2.24, 2.45) is 5.92 Å². The monoisotopic (exact) mass is 317 g/mol. The Bertz CT molecular complexity index is 656. The Morgan fingerprint density at radius 3 is 3.14 bits per heavy atom. The van der Waals surface area contributed by atoms with Gasteiger partial charge >= 0.3 is 0 Å². The van der Waals surface area contributed by atoms with Gasteiger partial charge in [0, 0.05) is 24.3 Å². The van der Waals surface area contributed by atoms with Crippen molar-refractivity contribution in [3.05, 3.63) is 40.9 Å². The van der Waals surface area contributed by atoms with Crippen molar-refractivity contribution in [1.29, 1.82) is 0 Å². The van der Waals surface area contributed by atoms with Gasteiger partial charge in [0.15, 0.2) is 5.13 Å². The van der Waals surface area contributed by atoms with Gasteiger partial charge in [-0.15, -0.1) is 11.3 Å². The number of thiazole rings is 1. The maximum Gasteiger partial charge on any atom is 0.220 e. The zero-order valence-electron chi connectivity index (χ0n) is 12.2. The first-order chi connectivity index (χ1) is 10.7. The fraction of sp³-hybridized carbons (Fsp3) is 0.375. The van der Waals surface area contributed by atoms with Crippen LogP contribution in [0.2, 0.25) is 0 Å². The van der Waals surface area contributed by atoms with Crippen LogP contribution >= 0.6 is 11.3 Å². The van der Waals surface area contributed by atoms with Crippen LogP contribution in [0.3, 0.4) is 0 Å². The number of anilines is 1. The summed E-state index contributed by atoms with van der Waals surface area (Å²) in [7, 11) is 0. The molecule has 5 nitrogen and oxygen atoms in total.